The van der Waals surface area contributed by atoms with Gasteiger partial charge in [0, 0.05) is 4.47 Å². The Bertz CT molecular complexity index is 741. The molecule has 8 heteroatoms. The van der Waals surface area contributed by atoms with Gasteiger partial charge in [0.05, 0.1) is 25.5 Å². The third-order valence-corrected chi connectivity index (χ3v) is 5.05. The minimum Gasteiger partial charge on any atom is -0.378 e. The van der Waals surface area contributed by atoms with Crippen molar-refractivity contribution in [2.75, 3.05) is 6.61 Å². The van der Waals surface area contributed by atoms with E-state index in [1.54, 1.807) is 16.9 Å². The lowest BCUT2D eigenvalue weighted by atomic mass is 9.90. The number of benzene rings is 1. The summed E-state index contributed by atoms with van der Waals surface area (Å²) < 4.78 is 26.5. The Morgan fingerprint density at radius 1 is 1.48 bits per heavy atom. The van der Waals surface area contributed by atoms with Gasteiger partial charge in [0.1, 0.15) is 11.5 Å². The van der Waals surface area contributed by atoms with E-state index in [4.69, 9.17) is 9.47 Å². The molecule has 0 spiro atoms. The number of nitrogens with zero attached hydrogens (tertiary/aromatic N) is 3. The topological polar surface area (TPSA) is 69.4 Å². The number of ether oxygens (including phenoxy) is 2. The highest BCUT2D eigenvalue weighted by Crippen LogP contribution is 2.40. The van der Waals surface area contributed by atoms with Gasteiger partial charge in [0.15, 0.2) is 11.9 Å². The lowest BCUT2D eigenvalue weighted by Crippen LogP contribution is -2.44. The molecule has 0 saturated carbocycles. The summed E-state index contributed by atoms with van der Waals surface area (Å²) in [4.78, 5) is 0. The van der Waals surface area contributed by atoms with Crippen LogP contribution in [0.4, 0.5) is 4.39 Å². The largest absolute Gasteiger partial charge is 0.378 e. The molecule has 4 rings (SSSR count). The first kappa shape index (κ1) is 15.2. The second kappa shape index (κ2) is 5.62. The lowest BCUT2D eigenvalue weighted by Gasteiger charge is -2.34. The van der Waals surface area contributed by atoms with Gasteiger partial charge >= 0.3 is 0 Å². The molecule has 0 radical (unpaired) electrons. The molecule has 2 bridgehead atoms. The van der Waals surface area contributed by atoms with Gasteiger partial charge in [-0.3, -0.25) is 0 Å². The summed E-state index contributed by atoms with van der Waals surface area (Å²) in [5.74, 6) is -0.304. The number of fused-ring (bicyclic) bond motifs is 2. The molecule has 1 unspecified atom stereocenters. The molecule has 3 heterocycles. The molecule has 0 amide bonds. The van der Waals surface area contributed by atoms with Gasteiger partial charge in [-0.05, 0) is 30.5 Å². The summed E-state index contributed by atoms with van der Waals surface area (Å²) in [6.07, 6.45) is 2.31. The molecule has 6 nitrogen and oxygen atoms in total. The van der Waals surface area contributed by atoms with Crippen molar-refractivity contribution in [3.8, 4) is 0 Å². The van der Waals surface area contributed by atoms with Crippen molar-refractivity contribution < 1.29 is 19.0 Å². The first-order valence-electron chi connectivity index (χ1n) is 7.38. The SMILES string of the molecule is OC1(c2cn(Cc3ccc(F)cc3Br)nn2)CC[C@H]2CO[C@@H]1O2. The van der Waals surface area contributed by atoms with Crippen LogP contribution in [0, 0.1) is 5.82 Å². The van der Waals surface area contributed by atoms with E-state index in [9.17, 15) is 9.50 Å². The van der Waals surface area contributed by atoms with E-state index in [0.717, 1.165) is 12.0 Å². The highest BCUT2D eigenvalue weighted by atomic mass is 79.9. The molecular weight excluding hydrogens is 369 g/mol. The molecule has 0 aliphatic carbocycles. The molecule has 1 aromatic heterocycles. The van der Waals surface area contributed by atoms with Crippen molar-refractivity contribution in [2.24, 2.45) is 0 Å². The summed E-state index contributed by atoms with van der Waals surface area (Å²) in [5, 5.41) is 19.0. The number of halogens is 2. The van der Waals surface area contributed by atoms with Crippen molar-refractivity contribution in [1.82, 2.24) is 15.0 Å². The van der Waals surface area contributed by atoms with E-state index in [2.05, 4.69) is 26.2 Å². The normalized spacial score (nSPS) is 29.9. The first-order chi connectivity index (χ1) is 11.0. The van der Waals surface area contributed by atoms with Crippen LogP contribution in [0.15, 0.2) is 28.9 Å². The molecule has 2 aromatic rings. The molecule has 23 heavy (non-hydrogen) atoms. The van der Waals surface area contributed by atoms with Gasteiger partial charge in [0.25, 0.3) is 0 Å². The Morgan fingerprint density at radius 2 is 2.35 bits per heavy atom. The molecule has 122 valence electrons. The van der Waals surface area contributed by atoms with Crippen molar-refractivity contribution >= 4 is 15.9 Å². The van der Waals surface area contributed by atoms with Gasteiger partial charge < -0.3 is 14.6 Å². The Hall–Kier alpha value is -1.35. The van der Waals surface area contributed by atoms with Crippen molar-refractivity contribution in [2.45, 2.75) is 37.4 Å². The zero-order valence-electron chi connectivity index (χ0n) is 12.2. The standard InChI is InChI=1S/C15H15BrFN3O3/c16-12-5-10(17)2-1-9(12)6-20-7-13(18-19-20)15(21)4-3-11-8-22-14(15)23-11/h1-2,5,7,11,14,21H,3-4,6,8H2/t11-,14+,15?/m0/s1. The van der Waals surface area contributed by atoms with Crippen LogP contribution in [0.25, 0.3) is 0 Å². The quantitative estimate of drug-likeness (QED) is 0.876. The Morgan fingerprint density at radius 3 is 3.17 bits per heavy atom. The van der Waals surface area contributed by atoms with Crippen molar-refractivity contribution in [3.05, 3.63) is 45.9 Å². The van der Waals surface area contributed by atoms with Crippen LogP contribution in [0.3, 0.4) is 0 Å². The summed E-state index contributed by atoms with van der Waals surface area (Å²) in [6.45, 7) is 0.919. The molecule has 3 atom stereocenters. The van der Waals surface area contributed by atoms with Crippen LogP contribution in [-0.2, 0) is 21.6 Å². The third-order valence-electron chi connectivity index (χ3n) is 4.32. The predicted octanol–water partition coefficient (Wildman–Crippen LogP) is 1.95. The van der Waals surface area contributed by atoms with E-state index >= 15 is 0 Å². The third kappa shape index (κ3) is 2.69. The van der Waals surface area contributed by atoms with E-state index < -0.39 is 11.9 Å². The predicted molar refractivity (Wildman–Crippen MR) is 81.0 cm³/mol. The number of aliphatic hydroxyl groups is 1. The van der Waals surface area contributed by atoms with Crippen molar-refractivity contribution in [1.29, 1.82) is 0 Å². The molecule has 2 aliphatic rings. The number of rotatable bonds is 3. The smallest absolute Gasteiger partial charge is 0.192 e. The summed E-state index contributed by atoms with van der Waals surface area (Å²) >= 11 is 3.33. The van der Waals surface area contributed by atoms with E-state index in [0.29, 0.717) is 29.7 Å². The van der Waals surface area contributed by atoms with Crippen LogP contribution < -0.4 is 0 Å². The highest BCUT2D eigenvalue weighted by molar-refractivity contribution is 9.10. The van der Waals surface area contributed by atoms with Crippen LogP contribution in [0.1, 0.15) is 24.1 Å². The average molecular weight is 384 g/mol. The maximum Gasteiger partial charge on any atom is 0.192 e. The van der Waals surface area contributed by atoms with Gasteiger partial charge in [-0.15, -0.1) is 5.10 Å². The Labute approximate surface area is 140 Å². The van der Waals surface area contributed by atoms with E-state index in [-0.39, 0.29) is 11.9 Å². The summed E-state index contributed by atoms with van der Waals surface area (Å²) in [5.41, 5.74) is 0.0265. The second-order valence-electron chi connectivity index (χ2n) is 5.92. The van der Waals surface area contributed by atoms with Crippen LogP contribution in [0.5, 0.6) is 0 Å². The van der Waals surface area contributed by atoms with Gasteiger partial charge in [-0.25, -0.2) is 9.07 Å². The fraction of sp³-hybridized carbons (Fsp3) is 0.467. The van der Waals surface area contributed by atoms with Crippen LogP contribution in [0.2, 0.25) is 0 Å². The first-order valence-corrected chi connectivity index (χ1v) is 8.18. The monoisotopic (exact) mass is 383 g/mol. The molecular formula is C15H15BrFN3O3. The zero-order valence-corrected chi connectivity index (χ0v) is 13.7. The van der Waals surface area contributed by atoms with Crippen molar-refractivity contribution in [3.63, 3.8) is 0 Å². The van der Waals surface area contributed by atoms with E-state index in [1.165, 1.54) is 12.1 Å². The zero-order chi connectivity index (χ0) is 16.0. The maximum atomic E-state index is 13.1. The van der Waals surface area contributed by atoms with Crippen LogP contribution in [-0.4, -0.2) is 39.1 Å². The Kier molecular flexibility index (Phi) is 3.72. The summed E-state index contributed by atoms with van der Waals surface area (Å²) in [6, 6.07) is 4.49. The molecule has 1 N–H and O–H groups in total. The highest BCUT2D eigenvalue weighted by Gasteiger charge is 2.51. The van der Waals surface area contributed by atoms with Gasteiger partial charge in [-0.1, -0.05) is 27.2 Å². The maximum absolute atomic E-state index is 13.1. The molecule has 2 fully saturated rings. The fourth-order valence-electron chi connectivity index (χ4n) is 3.00. The minimum absolute atomic E-state index is 0.0606. The second-order valence-corrected chi connectivity index (χ2v) is 6.78. The molecule has 2 saturated heterocycles. The number of hydrogen-bond donors (Lipinski definition) is 1. The number of hydrogen-bond acceptors (Lipinski definition) is 5. The average Bonchev–Trinajstić information content (AvgIpc) is 3.15. The van der Waals surface area contributed by atoms with Gasteiger partial charge in [-0.2, -0.15) is 0 Å². The van der Waals surface area contributed by atoms with Crippen LogP contribution >= 0.6 is 15.9 Å². The lowest BCUT2D eigenvalue weighted by molar-refractivity contribution is -0.219. The Balaban J connectivity index is 1.57. The van der Waals surface area contributed by atoms with Gasteiger partial charge in [0.2, 0.25) is 0 Å². The molecule has 2 aliphatic heterocycles. The number of aromatic nitrogens is 3. The summed E-state index contributed by atoms with van der Waals surface area (Å²) in [7, 11) is 0. The fourth-order valence-corrected chi connectivity index (χ4v) is 3.47. The minimum atomic E-state index is -1.27. The van der Waals surface area contributed by atoms with E-state index in [1.807, 2.05) is 0 Å². The molecule has 1 aromatic carbocycles.